The number of sulfonamides is 1. The van der Waals surface area contributed by atoms with Crippen LogP contribution in [-0.4, -0.2) is 143 Å². The molecule has 12 nitrogen and oxygen atoms in total. The van der Waals surface area contributed by atoms with Crippen LogP contribution in [0.4, 0.5) is 14.9 Å². The first-order chi connectivity index (χ1) is 27.4. The summed E-state index contributed by atoms with van der Waals surface area (Å²) in [7, 11) is -0.487. The van der Waals surface area contributed by atoms with E-state index < -0.39 is 21.7 Å². The molecule has 1 aliphatic carbocycles. The molecule has 1 spiro atoms. The van der Waals surface area contributed by atoms with Crippen molar-refractivity contribution in [3.05, 3.63) is 72.6 Å². The van der Waals surface area contributed by atoms with Crippen LogP contribution in [-0.2, 0) is 29.7 Å². The second-order valence-corrected chi connectivity index (χ2v) is 19.5. The third-order valence-electron chi connectivity index (χ3n) is 14.5. The smallest absolute Gasteiger partial charge is 0.407 e. The maximum atomic E-state index is 15.1. The molecular formula is C43H59FN6O6S. The highest BCUT2D eigenvalue weighted by molar-refractivity contribution is 7.89. The molecule has 0 radical (unpaired) electrons. The van der Waals surface area contributed by atoms with Gasteiger partial charge in [-0.25, -0.2) is 17.6 Å². The summed E-state index contributed by atoms with van der Waals surface area (Å²) in [5.74, 6) is 0.116. The van der Waals surface area contributed by atoms with E-state index in [1.165, 1.54) is 30.0 Å². The van der Waals surface area contributed by atoms with E-state index in [-0.39, 0.29) is 39.6 Å². The summed E-state index contributed by atoms with van der Waals surface area (Å²) in [5.41, 5.74) is 0.915. The van der Waals surface area contributed by atoms with Crippen LogP contribution in [0.3, 0.4) is 0 Å². The van der Waals surface area contributed by atoms with Crippen molar-refractivity contribution in [2.75, 3.05) is 91.1 Å². The molecule has 1 saturated carbocycles. The van der Waals surface area contributed by atoms with Crippen LogP contribution in [0.25, 0.3) is 0 Å². The maximum Gasteiger partial charge on any atom is 0.407 e. The number of anilines is 1. The monoisotopic (exact) mass is 806 g/mol. The molecule has 5 aliphatic heterocycles. The van der Waals surface area contributed by atoms with E-state index in [1.807, 2.05) is 18.2 Å². The molecule has 57 heavy (non-hydrogen) atoms. The number of carbonyl (C=O) groups is 2. The number of nitrogens with one attached hydrogen (secondary N) is 1. The average molecular weight is 807 g/mol. The predicted octanol–water partition coefficient (Wildman–Crippen LogP) is 4.46. The zero-order valence-corrected chi connectivity index (χ0v) is 34.4. The van der Waals surface area contributed by atoms with Gasteiger partial charge in [0.15, 0.2) is 0 Å². The Morgan fingerprint density at radius 2 is 1.67 bits per heavy atom. The molecule has 6 fully saturated rings. The Morgan fingerprint density at radius 1 is 0.930 bits per heavy atom. The standard InChI is InChI=1S/C43H59FN6O6S/c1-4-39(51)50-22-7-19-41(50)26-49(27-41)57(53,54)36-15-13-35(14-16-36)48-29-42(30-48,56-3)28-47-23-17-32(18-24-47)43(31-46-20-8-21-46,33-9-5-10-34(44)25-33)37-11-6-12-38(37)45-40(52)55-2/h4-5,9-10,13-16,25,32,37-38H,1,6-8,11-12,17-24,26-31H2,2-3H3,(H,45,52)/t37-,38-,43-/m0/s1. The van der Waals surface area contributed by atoms with Gasteiger partial charge in [-0.15, -0.1) is 0 Å². The second-order valence-electron chi connectivity index (χ2n) is 17.5. The number of hydrogen-bond donors (Lipinski definition) is 1. The lowest BCUT2D eigenvalue weighted by Crippen LogP contribution is -2.69. The fraction of sp³-hybridized carbons (Fsp3) is 0.628. The molecule has 2 aromatic carbocycles. The third kappa shape index (κ3) is 7.38. The summed E-state index contributed by atoms with van der Waals surface area (Å²) >= 11 is 0. The van der Waals surface area contributed by atoms with Crippen molar-refractivity contribution in [2.24, 2.45) is 11.8 Å². The van der Waals surface area contributed by atoms with E-state index in [1.54, 1.807) is 30.2 Å². The van der Waals surface area contributed by atoms with Gasteiger partial charge < -0.3 is 34.4 Å². The third-order valence-corrected chi connectivity index (χ3v) is 16.3. The molecule has 1 N–H and O–H groups in total. The number of halogens is 1. The number of ether oxygens (including phenoxy) is 2. The molecule has 5 heterocycles. The molecule has 2 aromatic rings. The van der Waals surface area contributed by atoms with Gasteiger partial charge in [-0.05, 0) is 131 Å². The van der Waals surface area contributed by atoms with Crippen molar-refractivity contribution in [3.63, 3.8) is 0 Å². The van der Waals surface area contributed by atoms with E-state index in [4.69, 9.17) is 9.47 Å². The number of piperidine rings is 1. The summed E-state index contributed by atoms with van der Waals surface area (Å²) in [6.07, 6.45) is 8.56. The maximum absolute atomic E-state index is 15.1. The Labute approximate surface area is 337 Å². The van der Waals surface area contributed by atoms with Crippen LogP contribution in [0.2, 0.25) is 0 Å². The van der Waals surface area contributed by atoms with Crippen LogP contribution in [0, 0.1) is 17.7 Å². The number of methoxy groups -OCH3 is 2. The van der Waals surface area contributed by atoms with Gasteiger partial charge in [0.1, 0.15) is 11.4 Å². The first kappa shape index (κ1) is 40.2. The normalized spacial score (nSPS) is 26.3. The Kier molecular flexibility index (Phi) is 11.2. The predicted molar refractivity (Wildman–Crippen MR) is 216 cm³/mol. The Bertz CT molecular complexity index is 1910. The number of nitrogens with zero attached hydrogens (tertiary/aromatic N) is 5. The fourth-order valence-corrected chi connectivity index (χ4v) is 13.0. The van der Waals surface area contributed by atoms with Gasteiger partial charge in [0.2, 0.25) is 15.9 Å². The molecule has 0 unspecified atom stereocenters. The van der Waals surface area contributed by atoms with Gasteiger partial charge in [-0.3, -0.25) is 4.79 Å². The van der Waals surface area contributed by atoms with Gasteiger partial charge in [-0.2, -0.15) is 4.31 Å². The van der Waals surface area contributed by atoms with E-state index in [2.05, 4.69) is 32.7 Å². The molecular weight excluding hydrogens is 748 g/mol. The van der Waals surface area contributed by atoms with E-state index in [9.17, 15) is 18.0 Å². The quantitative estimate of drug-likeness (QED) is 0.293. The number of benzene rings is 2. The van der Waals surface area contributed by atoms with Crippen LogP contribution in [0.15, 0.2) is 66.1 Å². The zero-order valence-electron chi connectivity index (χ0n) is 33.5. The molecule has 310 valence electrons. The van der Waals surface area contributed by atoms with Gasteiger partial charge in [-0.1, -0.05) is 25.1 Å². The minimum absolute atomic E-state index is 0.0352. The van der Waals surface area contributed by atoms with Crippen molar-refractivity contribution < 1.29 is 31.9 Å². The zero-order chi connectivity index (χ0) is 40.0. The molecule has 0 bridgehead atoms. The second kappa shape index (κ2) is 15.9. The molecule has 2 amide bonds. The highest BCUT2D eigenvalue weighted by atomic mass is 32.2. The summed E-state index contributed by atoms with van der Waals surface area (Å²) in [6, 6.07) is 14.4. The van der Waals surface area contributed by atoms with Gasteiger partial charge in [0.05, 0.1) is 30.6 Å². The van der Waals surface area contributed by atoms with E-state index >= 15 is 4.39 Å². The van der Waals surface area contributed by atoms with Crippen LogP contribution in [0.5, 0.6) is 0 Å². The van der Waals surface area contributed by atoms with Crippen molar-refractivity contribution in [1.29, 1.82) is 0 Å². The van der Waals surface area contributed by atoms with Gasteiger partial charge >= 0.3 is 6.09 Å². The summed E-state index contributed by atoms with van der Waals surface area (Å²) in [6.45, 7) is 11.8. The van der Waals surface area contributed by atoms with Crippen molar-refractivity contribution in [2.45, 2.75) is 78.9 Å². The number of likely N-dealkylation sites (tertiary alicyclic amines) is 3. The minimum atomic E-state index is -3.68. The summed E-state index contributed by atoms with van der Waals surface area (Å²) in [5, 5.41) is 3.18. The minimum Gasteiger partial charge on any atom is -0.453 e. The highest BCUT2D eigenvalue weighted by Crippen LogP contribution is 2.52. The highest BCUT2D eigenvalue weighted by Gasteiger charge is 2.56. The Morgan fingerprint density at radius 3 is 2.30 bits per heavy atom. The first-order valence-corrected chi connectivity index (χ1v) is 22.3. The number of alkyl carbamates (subject to hydrolysis) is 1. The Balaban J connectivity index is 0.917. The lowest BCUT2D eigenvalue weighted by Gasteiger charge is -2.55. The summed E-state index contributed by atoms with van der Waals surface area (Å²) in [4.78, 5) is 34.3. The first-order valence-electron chi connectivity index (χ1n) is 20.8. The Hall–Kier alpha value is -3.56. The SMILES string of the molecule is C=CC(=O)N1CCCC12CN(S(=O)(=O)c1ccc(N3CC(CN4CCC([C@@](CN5CCC5)(c5cccc(F)c5)[C@H]5CCC[C@@H]5NC(=O)OC)CC4)(OC)C3)cc1)C2. The van der Waals surface area contributed by atoms with E-state index in [0.717, 1.165) is 95.5 Å². The number of hydrogen-bond acceptors (Lipinski definition) is 9. The van der Waals surface area contributed by atoms with Gasteiger partial charge in [0.25, 0.3) is 0 Å². The molecule has 14 heteroatoms. The lowest BCUT2D eigenvalue weighted by atomic mass is 9.57. The average Bonchev–Trinajstić information content (AvgIpc) is 3.84. The number of amides is 2. The molecule has 8 rings (SSSR count). The van der Waals surface area contributed by atoms with Gasteiger partial charge in [0, 0.05) is 57.0 Å². The number of rotatable bonds is 13. The topological polar surface area (TPSA) is 115 Å². The lowest BCUT2D eigenvalue weighted by molar-refractivity contribution is -0.134. The largest absolute Gasteiger partial charge is 0.453 e. The van der Waals surface area contributed by atoms with E-state index in [0.29, 0.717) is 38.6 Å². The molecule has 6 aliphatic rings. The number of carbonyl (C=O) groups excluding carboxylic acids is 2. The molecule has 3 atom stereocenters. The van der Waals surface area contributed by atoms with Crippen molar-refractivity contribution in [3.8, 4) is 0 Å². The van der Waals surface area contributed by atoms with Crippen LogP contribution in [0.1, 0.15) is 56.9 Å². The van der Waals surface area contributed by atoms with Crippen molar-refractivity contribution >= 4 is 27.7 Å². The van der Waals surface area contributed by atoms with Crippen LogP contribution >= 0.6 is 0 Å². The fourth-order valence-electron chi connectivity index (χ4n) is 11.4. The van der Waals surface area contributed by atoms with Crippen LogP contribution < -0.4 is 10.2 Å². The van der Waals surface area contributed by atoms with Crippen molar-refractivity contribution in [1.82, 2.24) is 24.3 Å². The molecule has 5 saturated heterocycles. The summed E-state index contributed by atoms with van der Waals surface area (Å²) < 4.78 is 54.9. The molecule has 0 aromatic heterocycles.